The van der Waals surface area contributed by atoms with E-state index in [-0.39, 0.29) is 29.7 Å². The highest BCUT2D eigenvalue weighted by Gasteiger charge is 2.32. The van der Waals surface area contributed by atoms with E-state index < -0.39 is 5.41 Å². The molecule has 0 saturated heterocycles. The molecule has 0 saturated carbocycles. The van der Waals surface area contributed by atoms with Gasteiger partial charge in [0.25, 0.3) is 0 Å². The molecule has 0 aliphatic carbocycles. The minimum atomic E-state index is -0.735. The van der Waals surface area contributed by atoms with E-state index in [1.807, 2.05) is 36.4 Å². The standard InChI is InChI=1S/C27H25Cl2N3O3/c1-27(2,3)25(34)24-23(31-21(33)14-30-4)19-13-18(15-9-11-16(28)12-10-15)22(32-26(19)35-24)17-7-5-6-8-20(17)29/h5-13,30H,14H2,1-4H3,(H,31,33). The van der Waals surface area contributed by atoms with Gasteiger partial charge in [0.15, 0.2) is 5.76 Å². The minimum absolute atomic E-state index is 0.0582. The summed E-state index contributed by atoms with van der Waals surface area (Å²) in [6.07, 6.45) is 0. The number of aromatic nitrogens is 1. The van der Waals surface area contributed by atoms with Crippen molar-refractivity contribution in [3.8, 4) is 22.4 Å². The number of hydrogen-bond acceptors (Lipinski definition) is 5. The van der Waals surface area contributed by atoms with Gasteiger partial charge in [0.05, 0.1) is 17.6 Å². The second kappa shape index (κ2) is 9.82. The van der Waals surface area contributed by atoms with Gasteiger partial charge >= 0.3 is 0 Å². The summed E-state index contributed by atoms with van der Waals surface area (Å²) in [5.74, 6) is -0.494. The van der Waals surface area contributed by atoms with E-state index in [2.05, 4.69) is 10.6 Å². The zero-order chi connectivity index (χ0) is 25.3. The van der Waals surface area contributed by atoms with Crippen LogP contribution < -0.4 is 10.6 Å². The predicted octanol–water partition coefficient (Wildman–Crippen LogP) is 6.86. The number of furan rings is 1. The van der Waals surface area contributed by atoms with Gasteiger partial charge in [-0.05, 0) is 36.9 Å². The fourth-order valence-electron chi connectivity index (χ4n) is 3.70. The van der Waals surface area contributed by atoms with Gasteiger partial charge in [0.2, 0.25) is 17.4 Å². The molecule has 0 bridgehead atoms. The third-order valence-electron chi connectivity index (χ3n) is 5.46. The molecule has 8 heteroatoms. The van der Waals surface area contributed by atoms with E-state index in [0.717, 1.165) is 11.1 Å². The minimum Gasteiger partial charge on any atom is -0.432 e. The highest BCUT2D eigenvalue weighted by atomic mass is 35.5. The lowest BCUT2D eigenvalue weighted by atomic mass is 9.88. The molecule has 6 nitrogen and oxygen atoms in total. The first-order valence-electron chi connectivity index (χ1n) is 11.1. The molecule has 0 aliphatic rings. The largest absolute Gasteiger partial charge is 0.432 e. The number of likely N-dealkylation sites (N-methyl/N-ethyl adjacent to an activating group) is 1. The van der Waals surface area contributed by atoms with Crippen molar-refractivity contribution in [3.05, 3.63) is 70.4 Å². The van der Waals surface area contributed by atoms with Gasteiger partial charge in [-0.1, -0.05) is 74.3 Å². The normalized spacial score (nSPS) is 11.6. The lowest BCUT2D eigenvalue weighted by Crippen LogP contribution is -2.27. The van der Waals surface area contributed by atoms with Crippen molar-refractivity contribution in [1.82, 2.24) is 10.3 Å². The van der Waals surface area contributed by atoms with Crippen molar-refractivity contribution in [1.29, 1.82) is 0 Å². The number of rotatable bonds is 6. The number of Topliss-reactive ketones (excluding diaryl/α,β-unsaturated/α-hetero) is 1. The summed E-state index contributed by atoms with van der Waals surface area (Å²) in [5.41, 5.74) is 2.68. The van der Waals surface area contributed by atoms with E-state index in [9.17, 15) is 9.59 Å². The van der Waals surface area contributed by atoms with Crippen LogP contribution in [0.15, 0.2) is 59.0 Å². The number of carbonyl (C=O) groups excluding carboxylic acids is 2. The van der Waals surface area contributed by atoms with Crippen molar-refractivity contribution < 1.29 is 14.0 Å². The number of hydrogen-bond donors (Lipinski definition) is 2. The molecular weight excluding hydrogens is 485 g/mol. The third kappa shape index (κ3) is 5.10. The summed E-state index contributed by atoms with van der Waals surface area (Å²) in [6.45, 7) is 5.46. The molecular formula is C27H25Cl2N3O3. The van der Waals surface area contributed by atoms with Crippen LogP contribution in [-0.2, 0) is 4.79 Å². The molecule has 4 rings (SSSR count). The second-order valence-electron chi connectivity index (χ2n) is 9.19. The maximum atomic E-state index is 13.3. The number of benzene rings is 2. The zero-order valence-electron chi connectivity index (χ0n) is 19.8. The van der Waals surface area contributed by atoms with Crippen LogP contribution in [-0.4, -0.2) is 30.3 Å². The summed E-state index contributed by atoms with van der Waals surface area (Å²) in [4.78, 5) is 30.6. The maximum absolute atomic E-state index is 13.3. The monoisotopic (exact) mass is 509 g/mol. The van der Waals surface area contributed by atoms with Crippen LogP contribution in [0.3, 0.4) is 0 Å². The van der Waals surface area contributed by atoms with Crippen LogP contribution in [0.25, 0.3) is 33.5 Å². The van der Waals surface area contributed by atoms with Crippen molar-refractivity contribution >= 4 is 51.7 Å². The van der Waals surface area contributed by atoms with Crippen LogP contribution in [0.5, 0.6) is 0 Å². The molecule has 0 fully saturated rings. The number of pyridine rings is 1. The molecule has 0 spiro atoms. The van der Waals surface area contributed by atoms with E-state index in [0.29, 0.717) is 32.4 Å². The molecule has 1 amide bonds. The average Bonchev–Trinajstić information content (AvgIpc) is 3.15. The van der Waals surface area contributed by atoms with Gasteiger partial charge in [-0.2, -0.15) is 0 Å². The van der Waals surface area contributed by atoms with Gasteiger partial charge in [-0.25, -0.2) is 4.98 Å². The summed E-state index contributed by atoms with van der Waals surface area (Å²) in [6, 6.07) is 16.6. The predicted molar refractivity (Wildman–Crippen MR) is 141 cm³/mol. The summed E-state index contributed by atoms with van der Waals surface area (Å²) >= 11 is 12.7. The number of fused-ring (bicyclic) bond motifs is 1. The van der Waals surface area contributed by atoms with E-state index in [1.54, 1.807) is 46.0 Å². The van der Waals surface area contributed by atoms with Gasteiger partial charge < -0.3 is 15.1 Å². The number of carbonyl (C=O) groups is 2. The van der Waals surface area contributed by atoms with Crippen molar-refractivity contribution in [2.24, 2.45) is 5.41 Å². The van der Waals surface area contributed by atoms with Crippen LogP contribution in [0.2, 0.25) is 10.0 Å². The smallest absolute Gasteiger partial charge is 0.238 e. The molecule has 2 heterocycles. The highest BCUT2D eigenvalue weighted by molar-refractivity contribution is 6.33. The Balaban J connectivity index is 2.04. The topological polar surface area (TPSA) is 84.2 Å². The second-order valence-corrected chi connectivity index (χ2v) is 10.0. The van der Waals surface area contributed by atoms with Crippen LogP contribution in [0, 0.1) is 5.41 Å². The van der Waals surface area contributed by atoms with E-state index >= 15 is 0 Å². The fraction of sp³-hybridized carbons (Fsp3) is 0.222. The lowest BCUT2D eigenvalue weighted by molar-refractivity contribution is -0.115. The number of ketones is 1. The summed E-state index contributed by atoms with van der Waals surface area (Å²) in [7, 11) is 1.67. The Kier molecular flexibility index (Phi) is 6.99. The Morgan fingerprint density at radius 2 is 1.69 bits per heavy atom. The van der Waals surface area contributed by atoms with Crippen molar-refractivity contribution in [2.45, 2.75) is 20.8 Å². The zero-order valence-corrected chi connectivity index (χ0v) is 21.3. The quantitative estimate of drug-likeness (QED) is 0.277. The molecule has 0 unspecified atom stereocenters. The van der Waals surface area contributed by atoms with E-state index in [1.165, 1.54) is 0 Å². The Hall–Kier alpha value is -3.19. The first-order valence-corrected chi connectivity index (χ1v) is 11.8. The molecule has 2 N–H and O–H groups in total. The summed E-state index contributed by atoms with van der Waals surface area (Å²) in [5, 5.41) is 7.30. The molecule has 2 aromatic heterocycles. The third-order valence-corrected chi connectivity index (χ3v) is 6.04. The molecule has 0 radical (unpaired) electrons. The van der Waals surface area contributed by atoms with Gasteiger partial charge in [0.1, 0.15) is 5.69 Å². The molecule has 0 atom stereocenters. The van der Waals surface area contributed by atoms with Crippen molar-refractivity contribution in [2.75, 3.05) is 18.9 Å². The number of nitrogens with one attached hydrogen (secondary N) is 2. The van der Waals surface area contributed by atoms with Gasteiger partial charge in [-0.3, -0.25) is 9.59 Å². The van der Waals surface area contributed by atoms with Crippen LogP contribution >= 0.6 is 23.2 Å². The SMILES string of the molecule is CNCC(=O)Nc1c(C(=O)C(C)(C)C)oc2nc(-c3ccccc3Cl)c(-c3ccc(Cl)cc3)cc12. The number of halogens is 2. The number of nitrogens with zero attached hydrogens (tertiary/aromatic N) is 1. The summed E-state index contributed by atoms with van der Waals surface area (Å²) < 4.78 is 6.02. The highest BCUT2D eigenvalue weighted by Crippen LogP contribution is 2.41. The molecule has 4 aromatic rings. The van der Waals surface area contributed by atoms with Crippen molar-refractivity contribution in [3.63, 3.8) is 0 Å². The first kappa shape index (κ1) is 24.9. The van der Waals surface area contributed by atoms with Gasteiger partial charge in [-0.15, -0.1) is 0 Å². The number of anilines is 1. The van der Waals surface area contributed by atoms with Gasteiger partial charge in [0, 0.05) is 26.6 Å². The Labute approximate surface area is 213 Å². The van der Waals surface area contributed by atoms with Crippen LogP contribution in [0.1, 0.15) is 31.3 Å². The fourth-order valence-corrected chi connectivity index (χ4v) is 4.05. The molecule has 35 heavy (non-hydrogen) atoms. The Morgan fingerprint density at radius 3 is 2.31 bits per heavy atom. The first-order chi connectivity index (χ1) is 16.6. The van der Waals surface area contributed by atoms with Crippen LogP contribution in [0.4, 0.5) is 5.69 Å². The Morgan fingerprint density at radius 1 is 1.00 bits per heavy atom. The number of amides is 1. The van der Waals surface area contributed by atoms with E-state index in [4.69, 9.17) is 32.6 Å². The lowest BCUT2D eigenvalue weighted by Gasteiger charge is -2.15. The average molecular weight is 510 g/mol. The Bertz CT molecular complexity index is 1420. The maximum Gasteiger partial charge on any atom is 0.238 e. The molecule has 180 valence electrons. The molecule has 0 aliphatic heterocycles. The molecule has 2 aromatic carbocycles.